The van der Waals surface area contributed by atoms with Crippen LogP contribution in [0.1, 0.15) is 37.4 Å². The first-order valence-electron chi connectivity index (χ1n) is 8.86. The van der Waals surface area contributed by atoms with Crippen LogP contribution in [0.4, 0.5) is 10.1 Å². The Morgan fingerprint density at radius 1 is 1.19 bits per heavy atom. The van der Waals surface area contributed by atoms with Crippen LogP contribution in [-0.4, -0.2) is 32.2 Å². The number of sulfonamides is 1. The summed E-state index contributed by atoms with van der Waals surface area (Å²) < 4.78 is 40.6. The van der Waals surface area contributed by atoms with Gasteiger partial charge >= 0.3 is 0 Å². The number of aryl methyl sites for hydroxylation is 1. The molecular formula is C20H23FN2O3S. The Morgan fingerprint density at radius 2 is 1.85 bits per heavy atom. The van der Waals surface area contributed by atoms with Gasteiger partial charge in [-0.1, -0.05) is 12.1 Å². The van der Waals surface area contributed by atoms with E-state index in [1.165, 1.54) is 30.4 Å². The van der Waals surface area contributed by atoms with Gasteiger partial charge < -0.3 is 4.90 Å². The van der Waals surface area contributed by atoms with Gasteiger partial charge in [-0.25, -0.2) is 12.8 Å². The van der Waals surface area contributed by atoms with Crippen molar-refractivity contribution in [3.05, 3.63) is 59.4 Å². The summed E-state index contributed by atoms with van der Waals surface area (Å²) in [5.74, 6) is -0.408. The molecule has 1 unspecified atom stereocenters. The molecule has 27 heavy (non-hydrogen) atoms. The Bertz CT molecular complexity index is 958. The van der Waals surface area contributed by atoms with Crippen LogP contribution in [0.25, 0.3) is 0 Å². The second-order valence-corrected chi connectivity index (χ2v) is 8.81. The molecule has 0 aromatic heterocycles. The van der Waals surface area contributed by atoms with E-state index in [2.05, 4.69) is 0 Å². The van der Waals surface area contributed by atoms with E-state index in [4.69, 9.17) is 0 Å². The molecule has 144 valence electrons. The SMILES string of the molecule is CC(=O)N1CCCc2cc(S(=O)(=O)N(C)C(C)c3ccc(F)cc3)ccc21. The maximum atomic E-state index is 13.1. The van der Waals surface area contributed by atoms with Gasteiger partial charge in [0.2, 0.25) is 15.9 Å². The Kier molecular flexibility index (Phi) is 5.35. The first kappa shape index (κ1) is 19.5. The normalized spacial score (nSPS) is 15.5. The predicted molar refractivity (Wildman–Crippen MR) is 103 cm³/mol. The molecule has 0 fully saturated rings. The number of amides is 1. The summed E-state index contributed by atoms with van der Waals surface area (Å²) in [5, 5.41) is 0. The van der Waals surface area contributed by atoms with E-state index in [0.717, 1.165) is 24.1 Å². The van der Waals surface area contributed by atoms with Gasteiger partial charge in [0.1, 0.15) is 5.82 Å². The molecule has 0 N–H and O–H groups in total. The highest BCUT2D eigenvalue weighted by molar-refractivity contribution is 7.89. The van der Waals surface area contributed by atoms with Crippen LogP contribution in [0.15, 0.2) is 47.4 Å². The van der Waals surface area contributed by atoms with E-state index in [0.29, 0.717) is 12.1 Å². The first-order valence-corrected chi connectivity index (χ1v) is 10.3. The second-order valence-electron chi connectivity index (χ2n) is 6.81. The molecule has 0 saturated carbocycles. The Morgan fingerprint density at radius 3 is 2.48 bits per heavy atom. The summed E-state index contributed by atoms with van der Waals surface area (Å²) in [6.45, 7) is 3.93. The van der Waals surface area contributed by atoms with Gasteiger partial charge in [0, 0.05) is 32.2 Å². The second kappa shape index (κ2) is 7.40. The lowest BCUT2D eigenvalue weighted by molar-refractivity contribution is -0.116. The summed E-state index contributed by atoms with van der Waals surface area (Å²) in [5.41, 5.74) is 2.35. The minimum Gasteiger partial charge on any atom is -0.312 e. The quantitative estimate of drug-likeness (QED) is 0.803. The molecule has 1 atom stereocenters. The van der Waals surface area contributed by atoms with Crippen LogP contribution in [0.3, 0.4) is 0 Å². The Balaban J connectivity index is 1.92. The van der Waals surface area contributed by atoms with Crippen molar-refractivity contribution in [2.24, 2.45) is 0 Å². The Labute approximate surface area is 159 Å². The third kappa shape index (κ3) is 3.75. The van der Waals surface area contributed by atoms with Gasteiger partial charge in [-0.15, -0.1) is 0 Å². The fraction of sp³-hybridized carbons (Fsp3) is 0.350. The van der Waals surface area contributed by atoms with Gasteiger partial charge in [0.05, 0.1) is 4.90 Å². The third-order valence-corrected chi connectivity index (χ3v) is 7.05. The third-order valence-electron chi connectivity index (χ3n) is 5.12. The first-order chi connectivity index (χ1) is 12.7. The molecule has 0 radical (unpaired) electrons. The van der Waals surface area contributed by atoms with Crippen molar-refractivity contribution in [2.75, 3.05) is 18.5 Å². The summed E-state index contributed by atoms with van der Waals surface area (Å²) in [6.07, 6.45) is 1.54. The fourth-order valence-corrected chi connectivity index (χ4v) is 4.79. The molecule has 0 spiro atoms. The van der Waals surface area contributed by atoms with E-state index < -0.39 is 16.1 Å². The molecular weight excluding hydrogens is 367 g/mol. The zero-order valence-electron chi connectivity index (χ0n) is 15.6. The number of hydrogen-bond acceptors (Lipinski definition) is 3. The van der Waals surface area contributed by atoms with E-state index >= 15 is 0 Å². The molecule has 2 aromatic rings. The number of fused-ring (bicyclic) bond motifs is 1. The van der Waals surface area contributed by atoms with Crippen LogP contribution in [0, 0.1) is 5.82 Å². The maximum absolute atomic E-state index is 13.1. The lowest BCUT2D eigenvalue weighted by Crippen LogP contribution is -2.34. The number of carbonyl (C=O) groups is 1. The van der Waals surface area contributed by atoms with Crippen molar-refractivity contribution in [3.8, 4) is 0 Å². The van der Waals surface area contributed by atoms with Crippen molar-refractivity contribution in [2.45, 2.75) is 37.6 Å². The van der Waals surface area contributed by atoms with Crippen molar-refractivity contribution >= 4 is 21.6 Å². The molecule has 1 heterocycles. The highest BCUT2D eigenvalue weighted by Gasteiger charge is 2.28. The van der Waals surface area contributed by atoms with Gasteiger partial charge in [0.25, 0.3) is 0 Å². The van der Waals surface area contributed by atoms with Crippen molar-refractivity contribution in [1.29, 1.82) is 0 Å². The summed E-state index contributed by atoms with van der Waals surface area (Å²) in [4.78, 5) is 13.7. The molecule has 7 heteroatoms. The number of carbonyl (C=O) groups excluding carboxylic acids is 1. The highest BCUT2D eigenvalue weighted by atomic mass is 32.2. The number of hydrogen-bond donors (Lipinski definition) is 0. The lowest BCUT2D eigenvalue weighted by Gasteiger charge is -2.30. The highest BCUT2D eigenvalue weighted by Crippen LogP contribution is 2.32. The molecule has 5 nitrogen and oxygen atoms in total. The largest absolute Gasteiger partial charge is 0.312 e. The standard InChI is InChI=1S/C20H23FN2O3S/c1-14(16-6-8-18(21)9-7-16)22(3)27(25,26)19-10-11-20-17(13-19)5-4-12-23(20)15(2)24/h6-11,13-14H,4-5,12H2,1-3H3. The van der Waals surface area contributed by atoms with Crippen molar-refractivity contribution < 1.29 is 17.6 Å². The summed E-state index contributed by atoms with van der Waals surface area (Å²) >= 11 is 0. The maximum Gasteiger partial charge on any atom is 0.243 e. The zero-order valence-corrected chi connectivity index (χ0v) is 16.5. The average molecular weight is 390 g/mol. The average Bonchev–Trinajstić information content (AvgIpc) is 2.66. The number of rotatable bonds is 4. The molecule has 3 rings (SSSR count). The van der Waals surface area contributed by atoms with Crippen LogP contribution >= 0.6 is 0 Å². The number of nitrogens with zero attached hydrogens (tertiary/aromatic N) is 2. The van der Waals surface area contributed by atoms with Crippen LogP contribution < -0.4 is 4.90 Å². The molecule has 2 aromatic carbocycles. The van der Waals surface area contributed by atoms with E-state index in [1.807, 2.05) is 0 Å². The minimum absolute atomic E-state index is 0.0476. The van der Waals surface area contributed by atoms with Crippen molar-refractivity contribution in [3.63, 3.8) is 0 Å². The summed E-state index contributed by atoms with van der Waals surface area (Å²) in [6, 6.07) is 10.3. The lowest BCUT2D eigenvalue weighted by atomic mass is 10.0. The van der Waals surface area contributed by atoms with Gasteiger partial charge in [-0.05, 0) is 61.2 Å². The predicted octanol–water partition coefficient (Wildman–Crippen LogP) is 3.51. The molecule has 0 aliphatic carbocycles. The summed E-state index contributed by atoms with van der Waals surface area (Å²) in [7, 11) is -2.21. The van der Waals surface area contributed by atoms with Crippen LogP contribution in [0.5, 0.6) is 0 Å². The monoisotopic (exact) mass is 390 g/mol. The van der Waals surface area contributed by atoms with E-state index in [1.54, 1.807) is 42.2 Å². The van der Waals surface area contributed by atoms with Crippen LogP contribution in [-0.2, 0) is 21.2 Å². The smallest absolute Gasteiger partial charge is 0.243 e. The topological polar surface area (TPSA) is 57.7 Å². The number of benzene rings is 2. The fourth-order valence-electron chi connectivity index (χ4n) is 3.39. The molecule has 0 saturated heterocycles. The van der Waals surface area contributed by atoms with E-state index in [9.17, 15) is 17.6 Å². The van der Waals surface area contributed by atoms with Gasteiger partial charge in [-0.3, -0.25) is 4.79 Å². The van der Waals surface area contributed by atoms with E-state index in [-0.39, 0.29) is 16.6 Å². The van der Waals surface area contributed by atoms with Gasteiger partial charge in [0.15, 0.2) is 0 Å². The van der Waals surface area contributed by atoms with Gasteiger partial charge in [-0.2, -0.15) is 4.31 Å². The minimum atomic E-state index is -3.73. The van der Waals surface area contributed by atoms with Crippen LogP contribution in [0.2, 0.25) is 0 Å². The molecule has 1 aliphatic heterocycles. The zero-order chi connectivity index (χ0) is 19.8. The molecule has 0 bridgehead atoms. The number of anilines is 1. The number of halogens is 1. The molecule has 1 aliphatic rings. The molecule has 1 amide bonds. The van der Waals surface area contributed by atoms with Crippen molar-refractivity contribution in [1.82, 2.24) is 4.31 Å². The Hall–Kier alpha value is -2.25.